The fourth-order valence-electron chi connectivity index (χ4n) is 2.46. The Kier molecular flexibility index (Phi) is 4.22. The van der Waals surface area contributed by atoms with Crippen molar-refractivity contribution in [1.82, 2.24) is 4.98 Å². The van der Waals surface area contributed by atoms with Crippen LogP contribution in [0.1, 0.15) is 16.7 Å². The van der Waals surface area contributed by atoms with Crippen LogP contribution in [0, 0.1) is 11.8 Å². The molecule has 0 atom stereocenters. The molecule has 1 aromatic carbocycles. The van der Waals surface area contributed by atoms with E-state index < -0.39 is 6.09 Å². The van der Waals surface area contributed by atoms with Crippen molar-refractivity contribution in [3.05, 3.63) is 41.1 Å². The second kappa shape index (κ2) is 6.49. The second-order valence-corrected chi connectivity index (χ2v) is 5.17. The number of carboxylic acid groups (broad SMARTS) is 1. The molecule has 1 amide bonds. The molecule has 1 aliphatic rings. The molecule has 0 fully saturated rings. The van der Waals surface area contributed by atoms with Crippen molar-refractivity contribution in [2.24, 2.45) is 10.7 Å². The highest BCUT2D eigenvalue weighted by Crippen LogP contribution is 2.26. The largest absolute Gasteiger partial charge is 0.497 e. The smallest absolute Gasteiger partial charge is 0.414 e. The average molecular weight is 340 g/mol. The first kappa shape index (κ1) is 16.3. The van der Waals surface area contributed by atoms with Crippen LogP contribution in [0.3, 0.4) is 0 Å². The summed E-state index contributed by atoms with van der Waals surface area (Å²) in [4.78, 5) is 19.3. The van der Waals surface area contributed by atoms with Gasteiger partial charge in [-0.15, -0.1) is 0 Å². The van der Waals surface area contributed by atoms with Crippen molar-refractivity contribution < 1.29 is 19.4 Å². The number of benzene rings is 1. The number of rotatable bonds is 2. The SMILES string of the molecule is COc1cc(C#Cc2c[nH]c3c2C(N)=NCN3C(=O)O)cc(OC)c1. The van der Waals surface area contributed by atoms with E-state index in [-0.39, 0.29) is 12.5 Å². The van der Waals surface area contributed by atoms with E-state index in [1.54, 1.807) is 38.6 Å². The third kappa shape index (κ3) is 3.07. The molecule has 4 N–H and O–H groups in total. The molecule has 0 aliphatic carbocycles. The van der Waals surface area contributed by atoms with Crippen LogP contribution in [-0.4, -0.2) is 42.9 Å². The van der Waals surface area contributed by atoms with Gasteiger partial charge >= 0.3 is 6.09 Å². The van der Waals surface area contributed by atoms with Gasteiger partial charge in [-0.1, -0.05) is 11.8 Å². The fraction of sp³-hybridized carbons (Fsp3) is 0.176. The minimum atomic E-state index is -1.11. The lowest BCUT2D eigenvalue weighted by atomic mass is 10.1. The topological polar surface area (TPSA) is 113 Å². The third-order valence-electron chi connectivity index (χ3n) is 3.69. The lowest BCUT2D eigenvalue weighted by Gasteiger charge is -2.21. The number of amides is 1. The van der Waals surface area contributed by atoms with Crippen LogP contribution in [0.5, 0.6) is 11.5 Å². The summed E-state index contributed by atoms with van der Waals surface area (Å²) in [5.41, 5.74) is 7.65. The number of nitrogens with one attached hydrogen (secondary N) is 1. The summed E-state index contributed by atoms with van der Waals surface area (Å²) < 4.78 is 10.4. The van der Waals surface area contributed by atoms with Crippen LogP contribution in [0.15, 0.2) is 29.4 Å². The Morgan fingerprint density at radius 3 is 2.56 bits per heavy atom. The van der Waals surface area contributed by atoms with Crippen LogP contribution in [0.2, 0.25) is 0 Å². The number of methoxy groups -OCH3 is 2. The number of aromatic nitrogens is 1. The predicted octanol–water partition coefficient (Wildman–Crippen LogP) is 1.59. The van der Waals surface area contributed by atoms with Gasteiger partial charge in [-0.3, -0.25) is 0 Å². The van der Waals surface area contributed by atoms with Crippen molar-refractivity contribution in [3.8, 4) is 23.3 Å². The zero-order valence-electron chi connectivity index (χ0n) is 13.7. The molecule has 0 radical (unpaired) electrons. The van der Waals surface area contributed by atoms with Crippen LogP contribution < -0.4 is 20.1 Å². The molecule has 0 saturated carbocycles. The van der Waals surface area contributed by atoms with Gasteiger partial charge in [0.2, 0.25) is 0 Å². The van der Waals surface area contributed by atoms with Gasteiger partial charge in [0, 0.05) is 17.8 Å². The molecule has 0 saturated heterocycles. The Morgan fingerprint density at radius 1 is 1.28 bits per heavy atom. The van der Waals surface area contributed by atoms with Crippen LogP contribution in [0.25, 0.3) is 0 Å². The molecule has 3 rings (SSSR count). The number of hydrogen-bond donors (Lipinski definition) is 3. The van der Waals surface area contributed by atoms with Crippen molar-refractivity contribution in [3.63, 3.8) is 0 Å². The van der Waals surface area contributed by atoms with Gasteiger partial charge in [0.25, 0.3) is 0 Å². The van der Waals surface area contributed by atoms with Gasteiger partial charge in [0.15, 0.2) is 0 Å². The average Bonchev–Trinajstić information content (AvgIpc) is 3.04. The fourth-order valence-corrected chi connectivity index (χ4v) is 2.46. The van der Waals surface area contributed by atoms with Crippen molar-refractivity contribution in [2.75, 3.05) is 25.8 Å². The molecule has 8 nitrogen and oxygen atoms in total. The van der Waals surface area contributed by atoms with Crippen molar-refractivity contribution in [1.29, 1.82) is 0 Å². The Hall–Kier alpha value is -3.60. The van der Waals surface area contributed by atoms with E-state index in [1.165, 1.54) is 0 Å². The number of amidine groups is 1. The Balaban J connectivity index is 2.01. The highest BCUT2D eigenvalue weighted by molar-refractivity contribution is 6.08. The standard InChI is InChI=1S/C17H16N4O4/c1-24-12-5-10(6-13(7-12)25-2)3-4-11-8-19-16-14(11)15(18)20-9-21(16)17(22)23/h5-8,19H,9H2,1-2H3,(H2,18,20)(H,22,23). The van der Waals surface area contributed by atoms with E-state index in [4.69, 9.17) is 15.2 Å². The lowest BCUT2D eigenvalue weighted by molar-refractivity contribution is 0.201. The molecule has 1 aliphatic heterocycles. The predicted molar refractivity (Wildman–Crippen MR) is 92.4 cm³/mol. The van der Waals surface area contributed by atoms with E-state index >= 15 is 0 Å². The Morgan fingerprint density at radius 2 is 1.96 bits per heavy atom. The molecular weight excluding hydrogens is 324 g/mol. The molecule has 0 bridgehead atoms. The summed E-state index contributed by atoms with van der Waals surface area (Å²) >= 11 is 0. The zero-order chi connectivity index (χ0) is 18.0. The van der Waals surface area contributed by atoms with Crippen LogP contribution >= 0.6 is 0 Å². The number of ether oxygens (including phenoxy) is 2. The van der Waals surface area contributed by atoms with Gasteiger partial charge in [0.1, 0.15) is 29.8 Å². The van der Waals surface area contributed by atoms with E-state index in [0.29, 0.717) is 34.0 Å². The van der Waals surface area contributed by atoms with Gasteiger partial charge in [0.05, 0.1) is 25.3 Å². The van der Waals surface area contributed by atoms with Crippen molar-refractivity contribution in [2.45, 2.75) is 0 Å². The Labute approximate surface area is 143 Å². The third-order valence-corrected chi connectivity index (χ3v) is 3.69. The van der Waals surface area contributed by atoms with Crippen molar-refractivity contribution >= 4 is 17.7 Å². The number of nitrogens with two attached hydrogens (primary N) is 1. The first-order chi connectivity index (χ1) is 12.0. The molecule has 2 aromatic rings. The molecule has 0 spiro atoms. The second-order valence-electron chi connectivity index (χ2n) is 5.17. The number of aromatic amines is 1. The summed E-state index contributed by atoms with van der Waals surface area (Å²) in [6.07, 6.45) is 0.495. The highest BCUT2D eigenvalue weighted by Gasteiger charge is 2.26. The molecule has 0 unspecified atom stereocenters. The van der Waals surface area contributed by atoms with Gasteiger partial charge in [-0.25, -0.2) is 14.7 Å². The summed E-state index contributed by atoms with van der Waals surface area (Å²) in [6, 6.07) is 5.30. The van der Waals surface area contributed by atoms with E-state index in [9.17, 15) is 9.90 Å². The van der Waals surface area contributed by atoms with Gasteiger partial charge in [-0.2, -0.15) is 0 Å². The van der Waals surface area contributed by atoms with E-state index in [0.717, 1.165) is 4.90 Å². The molecule has 128 valence electrons. The lowest BCUT2D eigenvalue weighted by Crippen LogP contribution is -2.36. The minimum absolute atomic E-state index is 0.0470. The quantitative estimate of drug-likeness (QED) is 0.719. The van der Waals surface area contributed by atoms with E-state index in [1.807, 2.05) is 0 Å². The Bertz CT molecular complexity index is 898. The van der Waals surface area contributed by atoms with Crippen LogP contribution in [-0.2, 0) is 0 Å². The number of fused-ring (bicyclic) bond motifs is 1. The minimum Gasteiger partial charge on any atom is -0.497 e. The normalized spacial score (nSPS) is 12.6. The maximum atomic E-state index is 11.3. The molecular formula is C17H16N4O4. The summed E-state index contributed by atoms with van der Waals surface area (Å²) in [5, 5.41) is 9.24. The number of hydrogen-bond acceptors (Lipinski definition) is 5. The number of aliphatic imine (C=N–C) groups is 1. The maximum Gasteiger partial charge on any atom is 0.414 e. The first-order valence-corrected chi connectivity index (χ1v) is 7.30. The number of nitrogens with zero attached hydrogens (tertiary/aromatic N) is 2. The number of H-pyrrole nitrogens is 1. The van der Waals surface area contributed by atoms with E-state index in [2.05, 4.69) is 21.8 Å². The summed E-state index contributed by atoms with van der Waals surface area (Å²) in [7, 11) is 3.12. The van der Waals surface area contributed by atoms with Gasteiger partial charge < -0.3 is 25.3 Å². The molecule has 2 heterocycles. The number of anilines is 1. The first-order valence-electron chi connectivity index (χ1n) is 7.30. The monoisotopic (exact) mass is 340 g/mol. The van der Waals surface area contributed by atoms with Gasteiger partial charge in [-0.05, 0) is 12.1 Å². The number of carbonyl (C=O) groups is 1. The molecule has 8 heteroatoms. The zero-order valence-corrected chi connectivity index (χ0v) is 13.7. The molecule has 25 heavy (non-hydrogen) atoms. The highest BCUT2D eigenvalue weighted by atomic mass is 16.5. The maximum absolute atomic E-state index is 11.3. The van der Waals surface area contributed by atoms with Crippen LogP contribution in [0.4, 0.5) is 10.6 Å². The molecule has 1 aromatic heterocycles. The summed E-state index contributed by atoms with van der Waals surface area (Å²) in [5.74, 6) is 7.86. The summed E-state index contributed by atoms with van der Waals surface area (Å²) in [6.45, 7) is -0.0470.